The van der Waals surface area contributed by atoms with Crippen LogP contribution in [0, 0.1) is 17.7 Å². The Morgan fingerprint density at radius 2 is 1.70 bits per heavy atom. The van der Waals surface area contributed by atoms with Gasteiger partial charge < -0.3 is 10.1 Å². The average molecular weight is 550 g/mol. The lowest BCUT2D eigenvalue weighted by atomic mass is 10.0. The minimum Gasteiger partial charge on any atom is -0.453 e. The van der Waals surface area contributed by atoms with Crippen molar-refractivity contribution >= 4 is 33.1 Å². The Hall–Kier alpha value is -4.51. The summed E-state index contributed by atoms with van der Waals surface area (Å²) in [5.41, 5.74) is 3.65. The van der Waals surface area contributed by atoms with Crippen LogP contribution < -0.4 is 10.1 Å². The van der Waals surface area contributed by atoms with Crippen molar-refractivity contribution in [2.45, 2.75) is 13.8 Å². The maximum absolute atomic E-state index is 15.0. The van der Waals surface area contributed by atoms with Crippen molar-refractivity contribution < 1.29 is 13.9 Å². The second-order valence-electron chi connectivity index (χ2n) is 9.04. The van der Waals surface area contributed by atoms with Gasteiger partial charge in [0.25, 0.3) is 5.91 Å². The molecule has 0 spiro atoms. The Morgan fingerprint density at radius 3 is 2.42 bits per heavy atom. The molecule has 200 valence electrons. The van der Waals surface area contributed by atoms with Gasteiger partial charge in [-0.3, -0.25) is 14.7 Å². The van der Waals surface area contributed by atoms with Crippen LogP contribution in [0.4, 0.5) is 10.1 Å². The quantitative estimate of drug-likeness (QED) is 0.200. The molecule has 7 heteroatoms. The molecule has 2 heterocycles. The summed E-state index contributed by atoms with van der Waals surface area (Å²) in [6.07, 6.45) is 1.63. The highest BCUT2D eigenvalue weighted by Gasteiger charge is 2.13. The molecular formula is C33H28FN3O2S. The lowest BCUT2D eigenvalue weighted by molar-refractivity contribution is 0.102. The zero-order valence-electron chi connectivity index (χ0n) is 22.3. The Morgan fingerprint density at radius 1 is 0.950 bits per heavy atom. The summed E-state index contributed by atoms with van der Waals surface area (Å²) in [6.45, 7) is 6.83. The number of pyridine rings is 1. The number of nitrogens with one attached hydrogen (secondary N) is 1. The molecule has 5 nitrogen and oxygen atoms in total. The van der Waals surface area contributed by atoms with Gasteiger partial charge >= 0.3 is 0 Å². The number of halogens is 1. The molecule has 0 aliphatic heterocycles. The van der Waals surface area contributed by atoms with Crippen LogP contribution in [0.3, 0.4) is 0 Å². The van der Waals surface area contributed by atoms with Crippen molar-refractivity contribution in [2.24, 2.45) is 0 Å². The highest BCUT2D eigenvalue weighted by atomic mass is 32.1. The number of aromatic nitrogens is 1. The smallest absolute Gasteiger partial charge is 0.255 e. The topological polar surface area (TPSA) is 54.5 Å². The molecule has 0 fully saturated rings. The molecule has 0 radical (unpaired) electrons. The van der Waals surface area contributed by atoms with E-state index in [1.807, 2.05) is 48.5 Å². The summed E-state index contributed by atoms with van der Waals surface area (Å²) in [7, 11) is 0. The van der Waals surface area contributed by atoms with Gasteiger partial charge in [0.15, 0.2) is 11.6 Å². The van der Waals surface area contributed by atoms with Gasteiger partial charge in [-0.25, -0.2) is 4.39 Å². The van der Waals surface area contributed by atoms with Gasteiger partial charge in [0.2, 0.25) is 0 Å². The third kappa shape index (κ3) is 6.37. The predicted octanol–water partition coefficient (Wildman–Crippen LogP) is 7.84. The van der Waals surface area contributed by atoms with Crippen LogP contribution in [0.1, 0.15) is 29.1 Å². The summed E-state index contributed by atoms with van der Waals surface area (Å²) >= 11 is 1.47. The van der Waals surface area contributed by atoms with Crippen LogP contribution in [-0.4, -0.2) is 35.4 Å². The number of hydrogen-bond acceptors (Lipinski definition) is 5. The fraction of sp³-hybridized carbons (Fsp3) is 0.152. The normalized spacial score (nSPS) is 10.8. The molecule has 0 aliphatic rings. The molecule has 5 aromatic rings. The predicted molar refractivity (Wildman–Crippen MR) is 161 cm³/mol. The van der Waals surface area contributed by atoms with Crippen LogP contribution in [-0.2, 0) is 0 Å². The number of hydrogen-bond donors (Lipinski definition) is 1. The number of nitrogens with zero attached hydrogens (tertiary/aromatic N) is 2. The highest BCUT2D eigenvalue weighted by Crippen LogP contribution is 2.36. The largest absolute Gasteiger partial charge is 0.453 e. The molecule has 0 unspecified atom stereocenters. The standard InChI is InChI=1S/C33H28FN3O2S/c1-3-37(4-2)20-8-11-27-22-29-32(40-27)31(18-19-35-29)39-30-17-16-26(21-28(30)34)36-33(38)25-14-12-24(13-15-25)23-9-6-5-7-10-23/h5-7,9-10,12-19,21-22H,3-4,20H2,1-2H3,(H,36,38). The summed E-state index contributed by atoms with van der Waals surface area (Å²) in [6, 6.07) is 25.2. The number of carbonyl (C=O) groups is 1. The third-order valence-corrected chi connectivity index (χ3v) is 7.50. The Labute approximate surface area is 237 Å². The van der Waals surface area contributed by atoms with E-state index in [-0.39, 0.29) is 11.7 Å². The van der Waals surface area contributed by atoms with E-state index in [0.717, 1.165) is 39.3 Å². The average Bonchev–Trinajstić information content (AvgIpc) is 3.41. The number of fused-ring (bicyclic) bond motifs is 1. The van der Waals surface area contributed by atoms with Crippen LogP contribution >= 0.6 is 11.3 Å². The minimum atomic E-state index is -0.585. The second-order valence-corrected chi connectivity index (χ2v) is 10.1. The monoisotopic (exact) mass is 549 g/mol. The van der Waals surface area contributed by atoms with Crippen molar-refractivity contribution in [3.05, 3.63) is 107 Å². The summed E-state index contributed by atoms with van der Waals surface area (Å²) in [4.78, 5) is 20.3. The Kier molecular flexibility index (Phi) is 8.50. The lowest BCUT2D eigenvalue weighted by Crippen LogP contribution is -2.22. The molecule has 0 bridgehead atoms. The summed E-state index contributed by atoms with van der Waals surface area (Å²) < 4.78 is 21.8. The molecular weight excluding hydrogens is 521 g/mol. The fourth-order valence-corrected chi connectivity index (χ4v) is 5.11. The number of ether oxygens (including phenoxy) is 1. The van der Waals surface area contributed by atoms with Gasteiger partial charge in [-0.05, 0) is 54.5 Å². The van der Waals surface area contributed by atoms with Crippen molar-refractivity contribution in [3.63, 3.8) is 0 Å². The summed E-state index contributed by atoms with van der Waals surface area (Å²) in [5.74, 6) is 6.06. The van der Waals surface area contributed by atoms with E-state index in [4.69, 9.17) is 4.74 Å². The van der Waals surface area contributed by atoms with Crippen molar-refractivity contribution in [1.82, 2.24) is 9.88 Å². The van der Waals surface area contributed by atoms with Crippen molar-refractivity contribution in [1.29, 1.82) is 0 Å². The molecule has 0 saturated carbocycles. The lowest BCUT2D eigenvalue weighted by Gasteiger charge is -2.12. The van der Waals surface area contributed by atoms with Gasteiger partial charge in [-0.15, -0.1) is 11.3 Å². The fourth-order valence-electron chi connectivity index (χ4n) is 4.17. The van der Waals surface area contributed by atoms with E-state index in [2.05, 4.69) is 40.9 Å². The molecule has 5 rings (SSSR count). The molecule has 3 aromatic carbocycles. The van der Waals surface area contributed by atoms with Gasteiger partial charge in [0.05, 0.1) is 21.6 Å². The van der Waals surface area contributed by atoms with E-state index >= 15 is 4.39 Å². The Bertz CT molecular complexity index is 1680. The first-order valence-electron chi connectivity index (χ1n) is 13.1. The Balaban J connectivity index is 1.27. The van der Waals surface area contributed by atoms with E-state index in [1.54, 1.807) is 30.5 Å². The van der Waals surface area contributed by atoms with Crippen LogP contribution in [0.5, 0.6) is 11.5 Å². The van der Waals surface area contributed by atoms with Crippen LogP contribution in [0.15, 0.2) is 91.1 Å². The molecule has 0 atom stereocenters. The molecule has 40 heavy (non-hydrogen) atoms. The van der Waals surface area contributed by atoms with Crippen molar-refractivity contribution in [3.8, 4) is 34.5 Å². The first-order valence-corrected chi connectivity index (χ1v) is 13.9. The number of rotatable bonds is 8. The molecule has 1 amide bonds. The number of amides is 1. The van der Waals surface area contributed by atoms with Gasteiger partial charge in [0.1, 0.15) is 5.75 Å². The highest BCUT2D eigenvalue weighted by molar-refractivity contribution is 7.19. The zero-order valence-corrected chi connectivity index (χ0v) is 23.1. The number of thiophene rings is 1. The van der Waals surface area contributed by atoms with Gasteiger partial charge in [0, 0.05) is 29.6 Å². The van der Waals surface area contributed by atoms with E-state index in [1.165, 1.54) is 23.5 Å². The number of anilines is 1. The second kappa shape index (κ2) is 12.6. The molecule has 1 N–H and O–H groups in total. The maximum atomic E-state index is 15.0. The first-order chi connectivity index (χ1) is 19.5. The van der Waals surface area contributed by atoms with E-state index in [9.17, 15) is 4.79 Å². The summed E-state index contributed by atoms with van der Waals surface area (Å²) in [5, 5.41) is 2.76. The van der Waals surface area contributed by atoms with E-state index < -0.39 is 5.82 Å². The zero-order chi connectivity index (χ0) is 27.9. The third-order valence-electron chi connectivity index (χ3n) is 6.45. The molecule has 2 aromatic heterocycles. The van der Waals surface area contributed by atoms with Crippen LogP contribution in [0.25, 0.3) is 21.3 Å². The van der Waals surface area contributed by atoms with E-state index in [0.29, 0.717) is 23.5 Å². The maximum Gasteiger partial charge on any atom is 0.255 e. The minimum absolute atomic E-state index is 0.0558. The van der Waals surface area contributed by atoms with Crippen LogP contribution in [0.2, 0.25) is 0 Å². The van der Waals surface area contributed by atoms with Crippen molar-refractivity contribution in [2.75, 3.05) is 25.0 Å². The first kappa shape index (κ1) is 27.1. The van der Waals surface area contributed by atoms with Gasteiger partial charge in [-0.2, -0.15) is 0 Å². The molecule has 0 aliphatic carbocycles. The van der Waals surface area contributed by atoms with Gasteiger partial charge in [-0.1, -0.05) is 68.2 Å². The number of benzene rings is 3. The molecule has 0 saturated heterocycles. The SMILES string of the molecule is CCN(CC)CC#Cc1cc2nccc(Oc3ccc(NC(=O)c4ccc(-c5ccccc5)cc4)cc3F)c2s1. The number of carbonyl (C=O) groups excluding carboxylic acids is 1.